The average molecular weight is 219 g/mol. The molecule has 0 radical (unpaired) electrons. The lowest BCUT2D eigenvalue weighted by Gasteiger charge is -1.93. The number of hydrogen-bond donors (Lipinski definition) is 3. The van der Waals surface area contributed by atoms with Gasteiger partial charge >= 0.3 is 5.97 Å². The Morgan fingerprint density at radius 1 is 1.31 bits per heavy atom. The Hall–Kier alpha value is -1.81. The molecule has 0 amide bonds. The molecule has 1 heterocycles. The lowest BCUT2D eigenvalue weighted by Crippen LogP contribution is -1.94. The van der Waals surface area contributed by atoms with E-state index in [9.17, 15) is 4.79 Å². The molecule has 0 aliphatic rings. The molecule has 0 bridgehead atoms. The van der Waals surface area contributed by atoms with Crippen LogP contribution in [0.3, 0.4) is 0 Å². The van der Waals surface area contributed by atoms with E-state index in [1.807, 2.05) is 6.07 Å². The molecule has 16 heavy (non-hydrogen) atoms. The number of aliphatic hydroxyl groups is 1. The number of carboxylic acids is 1. The molecule has 0 aliphatic carbocycles. The van der Waals surface area contributed by atoms with Crippen LogP contribution in [-0.4, -0.2) is 27.8 Å². The summed E-state index contributed by atoms with van der Waals surface area (Å²) in [5.41, 5.74) is 2.24. The van der Waals surface area contributed by atoms with Gasteiger partial charge in [-0.15, -0.1) is 0 Å². The van der Waals surface area contributed by atoms with Gasteiger partial charge in [0, 0.05) is 23.2 Å². The molecule has 4 nitrogen and oxygen atoms in total. The maximum atomic E-state index is 10.8. The second kappa shape index (κ2) is 4.37. The minimum atomic E-state index is -0.917. The van der Waals surface area contributed by atoms with Crippen molar-refractivity contribution in [2.45, 2.75) is 12.8 Å². The van der Waals surface area contributed by atoms with Gasteiger partial charge < -0.3 is 15.2 Å². The number of aromatic carboxylic acids is 1. The zero-order valence-corrected chi connectivity index (χ0v) is 8.73. The molecular formula is C12H13NO3. The number of H-pyrrole nitrogens is 1. The minimum Gasteiger partial charge on any atom is -0.478 e. The molecule has 4 heteroatoms. The van der Waals surface area contributed by atoms with Gasteiger partial charge in [0.25, 0.3) is 0 Å². The van der Waals surface area contributed by atoms with Gasteiger partial charge in [0.05, 0.1) is 5.56 Å². The Kier molecular flexibility index (Phi) is 2.92. The van der Waals surface area contributed by atoms with Crippen LogP contribution in [0.4, 0.5) is 0 Å². The first-order chi connectivity index (χ1) is 7.70. The van der Waals surface area contributed by atoms with Crippen LogP contribution < -0.4 is 0 Å². The Balaban J connectivity index is 2.34. The van der Waals surface area contributed by atoms with Gasteiger partial charge in [-0.1, -0.05) is 0 Å². The summed E-state index contributed by atoms with van der Waals surface area (Å²) in [4.78, 5) is 14.0. The van der Waals surface area contributed by atoms with Crippen molar-refractivity contribution in [3.05, 3.63) is 35.5 Å². The lowest BCUT2D eigenvalue weighted by atomic mass is 10.1. The molecule has 0 aliphatic heterocycles. The standard InChI is InChI=1S/C12H13NO3/c14-5-1-2-10-7-9-6-8(12(15)16)3-4-11(9)13-10/h3-4,6-7,13-14H,1-2,5H2,(H,15,16). The third kappa shape index (κ3) is 2.06. The van der Waals surface area contributed by atoms with Crippen molar-refractivity contribution < 1.29 is 15.0 Å². The van der Waals surface area contributed by atoms with Crippen molar-refractivity contribution in [2.24, 2.45) is 0 Å². The van der Waals surface area contributed by atoms with Gasteiger partial charge in [-0.3, -0.25) is 0 Å². The summed E-state index contributed by atoms with van der Waals surface area (Å²) in [6, 6.07) is 6.92. The van der Waals surface area contributed by atoms with Crippen LogP contribution in [0, 0.1) is 0 Å². The van der Waals surface area contributed by atoms with Gasteiger partial charge in [-0.05, 0) is 37.1 Å². The summed E-state index contributed by atoms with van der Waals surface area (Å²) in [6.45, 7) is 0.162. The van der Waals surface area contributed by atoms with Gasteiger partial charge in [-0.25, -0.2) is 4.79 Å². The monoisotopic (exact) mass is 219 g/mol. The van der Waals surface area contributed by atoms with Crippen LogP contribution in [0.5, 0.6) is 0 Å². The summed E-state index contributed by atoms with van der Waals surface area (Å²) in [5, 5.41) is 18.5. The van der Waals surface area contributed by atoms with Crippen molar-refractivity contribution in [2.75, 3.05) is 6.61 Å². The van der Waals surface area contributed by atoms with E-state index in [1.165, 1.54) is 0 Å². The fourth-order valence-corrected chi connectivity index (χ4v) is 1.73. The van der Waals surface area contributed by atoms with Crippen molar-refractivity contribution in [1.29, 1.82) is 0 Å². The molecular weight excluding hydrogens is 206 g/mol. The summed E-state index contributed by atoms with van der Waals surface area (Å²) in [7, 11) is 0. The second-order valence-electron chi connectivity index (χ2n) is 3.73. The maximum Gasteiger partial charge on any atom is 0.335 e. The van der Waals surface area contributed by atoms with Crippen LogP contribution in [-0.2, 0) is 6.42 Å². The predicted octanol–water partition coefficient (Wildman–Crippen LogP) is 1.79. The fourth-order valence-electron chi connectivity index (χ4n) is 1.73. The van der Waals surface area contributed by atoms with E-state index in [0.717, 1.165) is 23.0 Å². The molecule has 1 aromatic heterocycles. The zero-order valence-electron chi connectivity index (χ0n) is 8.73. The lowest BCUT2D eigenvalue weighted by molar-refractivity contribution is 0.0697. The number of carboxylic acid groups (broad SMARTS) is 1. The van der Waals surface area contributed by atoms with Gasteiger partial charge in [0.1, 0.15) is 0 Å². The number of aryl methyl sites for hydroxylation is 1. The van der Waals surface area contributed by atoms with E-state index in [2.05, 4.69) is 4.98 Å². The number of aromatic amines is 1. The Morgan fingerprint density at radius 2 is 2.12 bits per heavy atom. The van der Waals surface area contributed by atoms with Crippen LogP contribution in [0.15, 0.2) is 24.3 Å². The Bertz CT molecular complexity index is 516. The largest absolute Gasteiger partial charge is 0.478 e. The smallest absolute Gasteiger partial charge is 0.335 e. The highest BCUT2D eigenvalue weighted by Gasteiger charge is 2.05. The van der Waals surface area contributed by atoms with E-state index in [4.69, 9.17) is 10.2 Å². The molecule has 1 aromatic carbocycles. The summed E-state index contributed by atoms with van der Waals surface area (Å²) in [5.74, 6) is -0.917. The molecule has 0 atom stereocenters. The highest BCUT2D eigenvalue weighted by Crippen LogP contribution is 2.18. The Morgan fingerprint density at radius 3 is 2.81 bits per heavy atom. The molecule has 2 aromatic rings. The van der Waals surface area contributed by atoms with Crippen molar-refractivity contribution in [1.82, 2.24) is 4.98 Å². The third-order valence-corrected chi connectivity index (χ3v) is 2.53. The van der Waals surface area contributed by atoms with E-state index in [-0.39, 0.29) is 6.61 Å². The predicted molar refractivity (Wildman–Crippen MR) is 60.7 cm³/mol. The van der Waals surface area contributed by atoms with Crippen molar-refractivity contribution >= 4 is 16.9 Å². The zero-order chi connectivity index (χ0) is 11.5. The van der Waals surface area contributed by atoms with E-state index < -0.39 is 5.97 Å². The molecule has 0 fully saturated rings. The Labute approximate surface area is 92.5 Å². The van der Waals surface area contributed by atoms with E-state index in [0.29, 0.717) is 12.0 Å². The number of hydrogen-bond acceptors (Lipinski definition) is 2. The number of fused-ring (bicyclic) bond motifs is 1. The molecule has 3 N–H and O–H groups in total. The van der Waals surface area contributed by atoms with Crippen LogP contribution in [0.1, 0.15) is 22.5 Å². The summed E-state index contributed by atoms with van der Waals surface area (Å²) < 4.78 is 0. The minimum absolute atomic E-state index is 0.162. The van der Waals surface area contributed by atoms with Crippen molar-refractivity contribution in [3.8, 4) is 0 Å². The highest BCUT2D eigenvalue weighted by atomic mass is 16.4. The molecule has 0 saturated carbocycles. The SMILES string of the molecule is O=C(O)c1ccc2[nH]c(CCCO)cc2c1. The molecule has 0 spiro atoms. The highest BCUT2D eigenvalue weighted by molar-refractivity contribution is 5.93. The van der Waals surface area contributed by atoms with Crippen molar-refractivity contribution in [3.63, 3.8) is 0 Å². The van der Waals surface area contributed by atoms with Crippen LogP contribution >= 0.6 is 0 Å². The third-order valence-electron chi connectivity index (χ3n) is 2.53. The summed E-state index contributed by atoms with van der Waals surface area (Å²) >= 11 is 0. The summed E-state index contributed by atoms with van der Waals surface area (Å²) in [6.07, 6.45) is 1.48. The van der Waals surface area contributed by atoms with E-state index in [1.54, 1.807) is 18.2 Å². The molecule has 0 unspecified atom stereocenters. The number of benzene rings is 1. The number of rotatable bonds is 4. The topological polar surface area (TPSA) is 73.3 Å². The average Bonchev–Trinajstić information content (AvgIpc) is 2.67. The van der Waals surface area contributed by atoms with Gasteiger partial charge in [-0.2, -0.15) is 0 Å². The van der Waals surface area contributed by atoms with Gasteiger partial charge in [0.2, 0.25) is 0 Å². The van der Waals surface area contributed by atoms with Gasteiger partial charge in [0.15, 0.2) is 0 Å². The molecule has 84 valence electrons. The number of aromatic nitrogens is 1. The second-order valence-corrected chi connectivity index (χ2v) is 3.73. The fraction of sp³-hybridized carbons (Fsp3) is 0.250. The number of carbonyl (C=O) groups is 1. The first kappa shape index (κ1) is 10.7. The number of aliphatic hydroxyl groups excluding tert-OH is 1. The first-order valence-electron chi connectivity index (χ1n) is 5.16. The van der Waals surface area contributed by atoms with Crippen LogP contribution in [0.2, 0.25) is 0 Å². The quantitative estimate of drug-likeness (QED) is 0.734. The van der Waals surface area contributed by atoms with Crippen LogP contribution in [0.25, 0.3) is 10.9 Å². The molecule has 2 rings (SSSR count). The molecule has 0 saturated heterocycles. The number of nitrogens with one attached hydrogen (secondary N) is 1. The normalized spacial score (nSPS) is 10.8. The first-order valence-corrected chi connectivity index (χ1v) is 5.16. The van der Waals surface area contributed by atoms with E-state index >= 15 is 0 Å². The maximum absolute atomic E-state index is 10.8.